The largest absolute Gasteiger partial charge is 0.381 e. The minimum absolute atomic E-state index is 0.0131. The third-order valence-corrected chi connectivity index (χ3v) is 3.02. The van der Waals surface area contributed by atoms with E-state index in [0.29, 0.717) is 17.8 Å². The number of rotatable bonds is 5. The lowest BCUT2D eigenvalue weighted by Gasteiger charge is -2.08. The van der Waals surface area contributed by atoms with Crippen molar-refractivity contribution < 1.29 is 9.72 Å². The Morgan fingerprint density at radius 1 is 1.32 bits per heavy atom. The number of nitrogens with two attached hydrogens (primary N) is 1. The second-order valence-electron chi connectivity index (χ2n) is 4.52. The van der Waals surface area contributed by atoms with Crippen molar-refractivity contribution in [2.75, 3.05) is 5.32 Å². The van der Waals surface area contributed by atoms with Gasteiger partial charge in [0.2, 0.25) is 5.91 Å². The SMILES string of the molecule is N#Cc1cc(NCc2cccc(C(N)=O)c2)ccc1[N+](=O)[O-]. The monoisotopic (exact) mass is 296 g/mol. The van der Waals surface area contributed by atoms with E-state index in [-0.39, 0.29) is 11.3 Å². The van der Waals surface area contributed by atoms with Crippen LogP contribution in [0.15, 0.2) is 42.5 Å². The molecule has 3 N–H and O–H groups in total. The Morgan fingerprint density at radius 3 is 2.73 bits per heavy atom. The van der Waals surface area contributed by atoms with Crippen LogP contribution >= 0.6 is 0 Å². The van der Waals surface area contributed by atoms with Crippen LogP contribution in [0.1, 0.15) is 21.5 Å². The molecule has 0 atom stereocenters. The van der Waals surface area contributed by atoms with Gasteiger partial charge in [0.25, 0.3) is 5.69 Å². The van der Waals surface area contributed by atoms with Gasteiger partial charge in [-0.3, -0.25) is 14.9 Å². The highest BCUT2D eigenvalue weighted by molar-refractivity contribution is 5.92. The molecular weight excluding hydrogens is 284 g/mol. The Balaban J connectivity index is 2.15. The first-order valence-electron chi connectivity index (χ1n) is 6.32. The van der Waals surface area contributed by atoms with E-state index in [9.17, 15) is 14.9 Å². The molecule has 0 aliphatic carbocycles. The lowest BCUT2D eigenvalue weighted by Crippen LogP contribution is -2.11. The van der Waals surface area contributed by atoms with Gasteiger partial charge >= 0.3 is 0 Å². The minimum Gasteiger partial charge on any atom is -0.381 e. The van der Waals surface area contributed by atoms with Gasteiger partial charge in [0.1, 0.15) is 11.6 Å². The maximum absolute atomic E-state index is 11.1. The molecule has 1 amide bonds. The van der Waals surface area contributed by atoms with Crippen molar-refractivity contribution in [1.29, 1.82) is 5.26 Å². The number of anilines is 1. The first-order chi connectivity index (χ1) is 10.5. The molecule has 2 rings (SSSR count). The summed E-state index contributed by atoms with van der Waals surface area (Å²) in [5, 5.41) is 22.7. The Morgan fingerprint density at radius 2 is 2.09 bits per heavy atom. The number of nitriles is 1. The van der Waals surface area contributed by atoms with E-state index in [4.69, 9.17) is 11.0 Å². The van der Waals surface area contributed by atoms with Crippen LogP contribution in [0.5, 0.6) is 0 Å². The van der Waals surface area contributed by atoms with Crippen molar-refractivity contribution in [3.8, 4) is 6.07 Å². The van der Waals surface area contributed by atoms with E-state index in [1.165, 1.54) is 18.2 Å². The molecule has 22 heavy (non-hydrogen) atoms. The maximum atomic E-state index is 11.1. The van der Waals surface area contributed by atoms with Gasteiger partial charge < -0.3 is 11.1 Å². The third-order valence-electron chi connectivity index (χ3n) is 3.02. The lowest BCUT2D eigenvalue weighted by molar-refractivity contribution is -0.385. The maximum Gasteiger partial charge on any atom is 0.287 e. The van der Waals surface area contributed by atoms with Crippen LogP contribution in [0.4, 0.5) is 11.4 Å². The zero-order valence-corrected chi connectivity index (χ0v) is 11.4. The number of carbonyl (C=O) groups excluding carboxylic acids is 1. The summed E-state index contributed by atoms with van der Waals surface area (Å²) >= 11 is 0. The van der Waals surface area contributed by atoms with Crippen molar-refractivity contribution in [3.05, 3.63) is 69.3 Å². The number of nitrogens with one attached hydrogen (secondary N) is 1. The van der Waals surface area contributed by atoms with E-state index >= 15 is 0 Å². The van der Waals surface area contributed by atoms with Gasteiger partial charge in [0, 0.05) is 23.9 Å². The molecular formula is C15H12N4O3. The normalized spacial score (nSPS) is 9.77. The van der Waals surface area contributed by atoms with Gasteiger partial charge in [-0.25, -0.2) is 0 Å². The van der Waals surface area contributed by atoms with Crippen LogP contribution in [-0.4, -0.2) is 10.8 Å². The van der Waals surface area contributed by atoms with Gasteiger partial charge in [-0.15, -0.1) is 0 Å². The molecule has 0 saturated carbocycles. The van der Waals surface area contributed by atoms with Crippen molar-refractivity contribution in [2.45, 2.75) is 6.54 Å². The highest BCUT2D eigenvalue weighted by Gasteiger charge is 2.13. The lowest BCUT2D eigenvalue weighted by atomic mass is 10.1. The Kier molecular flexibility index (Phi) is 4.34. The number of carbonyl (C=O) groups is 1. The molecule has 0 saturated heterocycles. The van der Waals surface area contributed by atoms with E-state index in [2.05, 4.69) is 5.32 Å². The van der Waals surface area contributed by atoms with Gasteiger partial charge in [0.15, 0.2) is 0 Å². The highest BCUT2D eigenvalue weighted by atomic mass is 16.6. The number of primary amides is 1. The molecule has 0 heterocycles. The highest BCUT2D eigenvalue weighted by Crippen LogP contribution is 2.22. The summed E-state index contributed by atoms with van der Waals surface area (Å²) in [5.41, 5.74) is 6.77. The van der Waals surface area contributed by atoms with Crippen molar-refractivity contribution in [2.24, 2.45) is 5.73 Å². The van der Waals surface area contributed by atoms with E-state index in [1.807, 2.05) is 6.07 Å². The summed E-state index contributed by atoms with van der Waals surface area (Å²) in [5.74, 6) is -0.510. The van der Waals surface area contributed by atoms with Crippen molar-refractivity contribution in [1.82, 2.24) is 0 Å². The molecule has 2 aromatic rings. The van der Waals surface area contributed by atoms with Crippen molar-refractivity contribution in [3.63, 3.8) is 0 Å². The van der Waals surface area contributed by atoms with Crippen LogP contribution in [0.3, 0.4) is 0 Å². The van der Waals surface area contributed by atoms with Crippen LogP contribution in [0, 0.1) is 21.4 Å². The van der Waals surface area contributed by atoms with Gasteiger partial charge in [0.05, 0.1) is 4.92 Å². The smallest absolute Gasteiger partial charge is 0.287 e. The average Bonchev–Trinajstić information content (AvgIpc) is 2.52. The molecule has 2 aromatic carbocycles. The van der Waals surface area contributed by atoms with Crippen LogP contribution in [0.25, 0.3) is 0 Å². The molecule has 0 spiro atoms. The fourth-order valence-electron chi connectivity index (χ4n) is 1.93. The topological polar surface area (TPSA) is 122 Å². The van der Waals surface area contributed by atoms with E-state index in [1.54, 1.807) is 24.3 Å². The fourth-order valence-corrected chi connectivity index (χ4v) is 1.93. The zero-order valence-electron chi connectivity index (χ0n) is 11.4. The van der Waals surface area contributed by atoms with Gasteiger partial charge in [-0.1, -0.05) is 12.1 Å². The molecule has 110 valence electrons. The fraction of sp³-hybridized carbons (Fsp3) is 0.0667. The van der Waals surface area contributed by atoms with Crippen LogP contribution < -0.4 is 11.1 Å². The number of hydrogen-bond acceptors (Lipinski definition) is 5. The van der Waals surface area contributed by atoms with E-state index in [0.717, 1.165) is 5.56 Å². The molecule has 0 unspecified atom stereocenters. The number of nitro benzene ring substituents is 1. The number of nitro groups is 1. The summed E-state index contributed by atoms with van der Waals surface area (Å²) in [7, 11) is 0. The molecule has 0 aromatic heterocycles. The number of nitrogens with zero attached hydrogens (tertiary/aromatic N) is 2. The van der Waals surface area contributed by atoms with Gasteiger partial charge in [-0.05, 0) is 29.8 Å². The summed E-state index contributed by atoms with van der Waals surface area (Å²) in [6.45, 7) is 0.393. The van der Waals surface area contributed by atoms with Crippen LogP contribution in [0.2, 0.25) is 0 Å². The molecule has 0 radical (unpaired) electrons. The number of benzene rings is 2. The molecule has 7 nitrogen and oxygen atoms in total. The number of amides is 1. The summed E-state index contributed by atoms with van der Waals surface area (Å²) in [4.78, 5) is 21.3. The summed E-state index contributed by atoms with van der Waals surface area (Å²) in [6, 6.07) is 12.8. The second kappa shape index (κ2) is 6.37. The molecule has 0 bridgehead atoms. The quantitative estimate of drug-likeness (QED) is 0.646. The first kappa shape index (κ1) is 15.0. The Bertz CT molecular complexity index is 781. The predicted octanol–water partition coefficient (Wildman–Crippen LogP) is 2.18. The second-order valence-corrected chi connectivity index (χ2v) is 4.52. The molecule has 0 fully saturated rings. The third kappa shape index (κ3) is 3.37. The molecule has 0 aliphatic heterocycles. The molecule has 7 heteroatoms. The zero-order chi connectivity index (χ0) is 16.1. The Labute approximate surface area is 126 Å². The van der Waals surface area contributed by atoms with Gasteiger partial charge in [-0.2, -0.15) is 5.26 Å². The predicted molar refractivity (Wildman–Crippen MR) is 80.1 cm³/mol. The first-order valence-corrected chi connectivity index (χ1v) is 6.32. The molecule has 0 aliphatic rings. The summed E-state index contributed by atoms with van der Waals surface area (Å²) < 4.78 is 0. The van der Waals surface area contributed by atoms with E-state index < -0.39 is 10.8 Å². The standard InChI is InChI=1S/C15H12N4O3/c16-8-12-7-13(4-5-14(12)19(21)22)18-9-10-2-1-3-11(6-10)15(17)20/h1-7,18H,9H2,(H2,17,20). The van der Waals surface area contributed by atoms with Crippen LogP contribution in [-0.2, 0) is 6.54 Å². The average molecular weight is 296 g/mol. The van der Waals surface area contributed by atoms with Crippen molar-refractivity contribution >= 4 is 17.3 Å². The number of hydrogen-bond donors (Lipinski definition) is 2. The Hall–Kier alpha value is -3.40. The minimum atomic E-state index is -0.599. The summed E-state index contributed by atoms with van der Waals surface area (Å²) in [6.07, 6.45) is 0.